The molecule has 0 aromatic heterocycles. The highest BCUT2D eigenvalue weighted by molar-refractivity contribution is 5.73. The smallest absolute Gasteiger partial charge is 0.475 e. The predicted molar refractivity (Wildman–Crippen MR) is 13.7 cm³/mol. The van der Waals surface area contributed by atoms with Crippen molar-refractivity contribution in [2.75, 3.05) is 0 Å². The Morgan fingerprint density at radius 2 is 1.57 bits per heavy atom. The molecule has 42 valence electrons. The number of carbonyl (C=O) groups is 1. The van der Waals surface area contributed by atoms with Crippen molar-refractivity contribution in [3.63, 3.8) is 0 Å². The van der Waals surface area contributed by atoms with Gasteiger partial charge < -0.3 is 5.11 Å². The highest BCUT2D eigenvalue weighted by Crippen LogP contribution is 2.13. The number of carboxylic acids is 1. The fourth-order valence-corrected chi connectivity index (χ4v) is 0. The van der Waals surface area contributed by atoms with Crippen LogP contribution >= 0.6 is 0 Å². The number of rotatable bonds is 0. The lowest BCUT2D eigenvalue weighted by Crippen LogP contribution is -2.21. The fraction of sp³-hybridized carbons (Fsp3) is 0.500. The Labute approximate surface area is 36.6 Å². The lowest BCUT2D eigenvalue weighted by molar-refractivity contribution is -0.192. The van der Waals surface area contributed by atoms with Gasteiger partial charge in [-0.05, 0) is 0 Å². The summed E-state index contributed by atoms with van der Waals surface area (Å²) in [5.41, 5.74) is 0. The zero-order valence-electron chi connectivity index (χ0n) is 2.99. The maximum atomic E-state index is 10.6. The van der Waals surface area contributed by atoms with E-state index in [-0.39, 0.29) is 0 Å². The van der Waals surface area contributed by atoms with Crippen molar-refractivity contribution in [3.8, 4) is 0 Å². The molecular formula is C2HF3O2. The molecular weight excluding hydrogens is 110 g/mol. The van der Waals surface area contributed by atoms with Crippen molar-refractivity contribution >= 4 is 5.97 Å². The summed E-state index contributed by atoms with van der Waals surface area (Å²) in [5.74, 6) is -2.76. The van der Waals surface area contributed by atoms with Crippen LogP contribution < -0.4 is 0 Å². The molecule has 1 N–H and O–H groups in total. The van der Waals surface area contributed by atoms with E-state index in [9.17, 15) is 13.2 Å². The van der Waals surface area contributed by atoms with Gasteiger partial charge in [-0.1, -0.05) is 0 Å². The predicted octanol–water partition coefficient (Wildman–Crippen LogP) is 0.633. The Balaban J connectivity index is 3.79. The van der Waals surface area contributed by atoms with Gasteiger partial charge >= 0.3 is 12.1 Å². The minimum absolute atomic E-state index is 2.76. The number of carboxylic acid groups (broad SMARTS) is 1. The topological polar surface area (TPSA) is 37.3 Å². The molecule has 0 aliphatic carbocycles. The number of hydrogen-bond acceptors (Lipinski definition) is 1. The van der Waals surface area contributed by atoms with Crippen LogP contribution in [-0.2, 0) is 4.79 Å². The summed E-state index contributed by atoms with van der Waals surface area (Å²) in [4.78, 5) is 8.90. The van der Waals surface area contributed by atoms with Gasteiger partial charge in [0, 0.05) is 0 Å². The number of halogens is 3. The van der Waals surface area contributed by atoms with Crippen LogP contribution in [0.15, 0.2) is 0 Å². The molecule has 0 saturated carbocycles. The second-order valence-corrected chi connectivity index (χ2v) is 0.803. The SMILES string of the molecule is O=C(O)C([18F])([18F])[18F]. The molecule has 0 rings (SSSR count). The van der Waals surface area contributed by atoms with E-state index in [0.717, 1.165) is 0 Å². The number of alkyl halides is 3. The first-order valence-electron chi connectivity index (χ1n) is 1.24. The van der Waals surface area contributed by atoms with Gasteiger partial charge in [0.2, 0.25) is 0 Å². The first-order valence-corrected chi connectivity index (χ1v) is 1.24. The molecule has 0 saturated heterocycles. The normalized spacial score (nSPS) is 11.3. The van der Waals surface area contributed by atoms with E-state index in [1.807, 2.05) is 0 Å². The molecule has 0 spiro atoms. The van der Waals surface area contributed by atoms with Crippen molar-refractivity contribution in [3.05, 3.63) is 0 Å². The Kier molecular flexibility index (Phi) is 1.25. The molecule has 0 bridgehead atoms. The summed E-state index contributed by atoms with van der Waals surface area (Å²) in [6.45, 7) is 0. The van der Waals surface area contributed by atoms with Crippen LogP contribution in [0.1, 0.15) is 0 Å². The molecule has 0 aromatic carbocycles. The lowest BCUT2D eigenvalue weighted by Gasteiger charge is -1.93. The van der Waals surface area contributed by atoms with Crippen LogP contribution in [-0.4, -0.2) is 17.3 Å². The molecule has 5 heteroatoms. The molecule has 0 fully saturated rings. The van der Waals surface area contributed by atoms with Crippen LogP contribution in [0.4, 0.5) is 13.2 Å². The van der Waals surface area contributed by atoms with Crippen LogP contribution in [0.5, 0.6) is 0 Å². The van der Waals surface area contributed by atoms with Crippen LogP contribution in [0.25, 0.3) is 0 Å². The Morgan fingerprint density at radius 1 is 1.43 bits per heavy atom. The van der Waals surface area contributed by atoms with Gasteiger partial charge in [-0.15, -0.1) is 0 Å². The van der Waals surface area contributed by atoms with Crippen molar-refractivity contribution in [2.24, 2.45) is 0 Å². The molecule has 0 aliphatic heterocycles. The number of aliphatic carboxylic acids is 1. The van der Waals surface area contributed by atoms with Crippen molar-refractivity contribution in [1.29, 1.82) is 0 Å². The lowest BCUT2D eigenvalue weighted by atomic mass is 10.7. The van der Waals surface area contributed by atoms with Crippen LogP contribution in [0.3, 0.4) is 0 Å². The fourth-order valence-electron chi connectivity index (χ4n) is 0. The third-order valence-electron chi connectivity index (χ3n) is 0.243. The molecule has 0 radical (unpaired) electrons. The van der Waals surface area contributed by atoms with Gasteiger partial charge in [0.05, 0.1) is 0 Å². The zero-order valence-corrected chi connectivity index (χ0v) is 2.99. The monoisotopic (exact) mass is 111 g/mol. The van der Waals surface area contributed by atoms with E-state index in [4.69, 9.17) is 9.90 Å². The molecule has 0 amide bonds. The largest absolute Gasteiger partial charge is 0.490 e. The molecule has 0 aromatic rings. The van der Waals surface area contributed by atoms with E-state index < -0.39 is 12.1 Å². The van der Waals surface area contributed by atoms with Gasteiger partial charge in [-0.25, -0.2) is 4.79 Å². The third kappa shape index (κ3) is 2.02. The first-order chi connectivity index (χ1) is 2.94. The van der Waals surface area contributed by atoms with Crippen LogP contribution in [0, 0.1) is 0 Å². The maximum absolute atomic E-state index is 10.6. The van der Waals surface area contributed by atoms with Gasteiger partial charge in [0.15, 0.2) is 0 Å². The average molecular weight is 111 g/mol. The van der Waals surface area contributed by atoms with Gasteiger partial charge in [0.1, 0.15) is 0 Å². The highest BCUT2D eigenvalue weighted by Gasteiger charge is 2.38. The molecule has 7 heavy (non-hydrogen) atoms. The summed E-state index contributed by atoms with van der Waals surface area (Å²) in [7, 11) is 0. The van der Waals surface area contributed by atoms with Crippen molar-refractivity contribution in [1.82, 2.24) is 0 Å². The van der Waals surface area contributed by atoms with Gasteiger partial charge in [-0.2, -0.15) is 13.2 Å². The minimum Gasteiger partial charge on any atom is -0.475 e. The molecule has 0 aliphatic rings. The number of hydrogen-bond donors (Lipinski definition) is 1. The standard InChI is InChI=1S/C2HF3O2/c3-2(4,5)1(6)7/h(H,6,7)/i3-1,4-1,5-1. The van der Waals surface area contributed by atoms with E-state index in [1.54, 1.807) is 0 Å². The third-order valence-corrected chi connectivity index (χ3v) is 0.243. The van der Waals surface area contributed by atoms with E-state index in [2.05, 4.69) is 0 Å². The summed E-state index contributed by atoms with van der Waals surface area (Å²) < 4.78 is 31.7. The van der Waals surface area contributed by atoms with E-state index >= 15 is 0 Å². The van der Waals surface area contributed by atoms with E-state index in [1.165, 1.54) is 0 Å². The Hall–Kier alpha value is -0.740. The van der Waals surface area contributed by atoms with Crippen LogP contribution in [0.2, 0.25) is 0 Å². The second kappa shape index (κ2) is 1.40. The second-order valence-electron chi connectivity index (χ2n) is 0.803. The van der Waals surface area contributed by atoms with E-state index in [0.29, 0.717) is 0 Å². The molecule has 0 unspecified atom stereocenters. The molecule has 0 atom stereocenters. The average Bonchev–Trinajstić information content (AvgIpc) is 1.31. The molecule has 0 heterocycles. The summed E-state index contributed by atoms with van der Waals surface area (Å²) in [6.07, 6.45) is -5.08. The molecule has 2 nitrogen and oxygen atoms in total. The van der Waals surface area contributed by atoms with Gasteiger partial charge in [0.25, 0.3) is 0 Å². The Morgan fingerprint density at radius 3 is 1.57 bits per heavy atom. The summed E-state index contributed by atoms with van der Waals surface area (Å²) >= 11 is 0. The maximum Gasteiger partial charge on any atom is 0.490 e. The first kappa shape index (κ1) is 6.26. The quantitative estimate of drug-likeness (QED) is 0.497. The minimum atomic E-state index is -5.08. The van der Waals surface area contributed by atoms with Crippen molar-refractivity contribution < 1.29 is 23.1 Å². The summed E-state index contributed by atoms with van der Waals surface area (Å²) in [5, 5.41) is 7.12. The van der Waals surface area contributed by atoms with Gasteiger partial charge in [-0.3, -0.25) is 0 Å². The zero-order chi connectivity index (χ0) is 6.08. The Bertz CT molecular complexity index is 83.4. The highest BCUT2D eigenvalue weighted by atomic mass is 18.5. The summed E-state index contributed by atoms with van der Waals surface area (Å²) in [6, 6.07) is 0. The van der Waals surface area contributed by atoms with Crippen molar-refractivity contribution in [2.45, 2.75) is 6.18 Å².